The Kier molecular flexibility index (Phi) is 3.03. The van der Waals surface area contributed by atoms with Gasteiger partial charge in [0.2, 0.25) is 5.78 Å². The number of thiophene rings is 1. The maximum absolute atomic E-state index is 12.2. The third-order valence-electron chi connectivity index (χ3n) is 1.47. The average Bonchev–Trinajstić information content (AvgIpc) is 2.33. The van der Waals surface area contributed by atoms with Crippen LogP contribution < -0.4 is 0 Å². The zero-order chi connectivity index (χ0) is 10.1. The Morgan fingerprint density at radius 3 is 2.69 bits per heavy atom. The van der Waals surface area contributed by atoms with Gasteiger partial charge in [-0.05, 0) is 35.5 Å². The Hall–Kier alpha value is -0.480. The first kappa shape index (κ1) is 10.6. The van der Waals surface area contributed by atoms with Gasteiger partial charge in [-0.2, -0.15) is 8.78 Å². The highest BCUT2D eigenvalue weighted by molar-refractivity contribution is 7.10. The van der Waals surface area contributed by atoms with E-state index in [0.29, 0.717) is 5.56 Å². The molecule has 0 bridgehead atoms. The van der Waals surface area contributed by atoms with E-state index in [1.54, 1.807) is 11.4 Å². The lowest BCUT2D eigenvalue weighted by Gasteiger charge is -2.04. The molecule has 0 N–H and O–H groups in total. The molecule has 0 fully saturated rings. The maximum atomic E-state index is 12.2. The van der Waals surface area contributed by atoms with Gasteiger partial charge in [-0.1, -0.05) is 0 Å². The molecule has 72 valence electrons. The lowest BCUT2D eigenvalue weighted by Crippen LogP contribution is -2.23. The summed E-state index contributed by atoms with van der Waals surface area (Å²) in [4.78, 5) is 11.8. The highest BCUT2D eigenvalue weighted by atomic mass is 35.5. The predicted molar refractivity (Wildman–Crippen MR) is 48.6 cm³/mol. The fourth-order valence-corrected chi connectivity index (χ4v) is 1.65. The van der Waals surface area contributed by atoms with Gasteiger partial charge >= 0.3 is 5.38 Å². The van der Waals surface area contributed by atoms with Crippen LogP contribution in [0, 0.1) is 6.92 Å². The van der Waals surface area contributed by atoms with Gasteiger partial charge in [-0.15, -0.1) is 11.3 Å². The van der Waals surface area contributed by atoms with Crippen molar-refractivity contribution in [2.45, 2.75) is 18.7 Å². The van der Waals surface area contributed by atoms with Crippen molar-refractivity contribution in [2.24, 2.45) is 0 Å². The van der Waals surface area contributed by atoms with E-state index in [9.17, 15) is 13.6 Å². The topological polar surface area (TPSA) is 17.1 Å². The highest BCUT2D eigenvalue weighted by Gasteiger charge is 2.34. The van der Waals surface area contributed by atoms with Crippen molar-refractivity contribution in [1.29, 1.82) is 0 Å². The van der Waals surface area contributed by atoms with E-state index in [1.807, 2.05) is 6.92 Å². The van der Waals surface area contributed by atoms with E-state index in [1.165, 1.54) is 11.3 Å². The number of halogens is 3. The lowest BCUT2D eigenvalue weighted by atomic mass is 10.2. The largest absolute Gasteiger partial charge is 0.380 e. The molecule has 0 aromatic carbocycles. The molecule has 0 aliphatic rings. The molecule has 1 rings (SSSR count). The quantitative estimate of drug-likeness (QED) is 0.722. The number of aryl methyl sites for hydroxylation is 1. The molecule has 1 aromatic rings. The number of Topliss-reactive ketones (excluding diaryl/α,β-unsaturated/α-hetero) is 1. The molecule has 0 amide bonds. The van der Waals surface area contributed by atoms with Gasteiger partial charge in [-0.25, -0.2) is 0 Å². The molecular weight excluding hydrogens is 218 g/mol. The van der Waals surface area contributed by atoms with Crippen molar-refractivity contribution >= 4 is 28.7 Å². The second-order valence-electron chi connectivity index (χ2n) is 2.66. The normalized spacial score (nSPS) is 11.7. The molecule has 0 unspecified atom stereocenters. The Bertz CT molecular complexity index is 316. The van der Waals surface area contributed by atoms with Gasteiger partial charge in [0.1, 0.15) is 0 Å². The van der Waals surface area contributed by atoms with Crippen LogP contribution >= 0.6 is 22.9 Å². The summed E-state index contributed by atoms with van der Waals surface area (Å²) in [6, 6.07) is 1.70. The SMILES string of the molecule is Cc1cc(CC(=O)C(F)(F)Cl)cs1. The minimum Gasteiger partial charge on any atom is -0.291 e. The molecule has 0 aliphatic heterocycles. The molecule has 0 aliphatic carbocycles. The van der Waals surface area contributed by atoms with Crippen molar-refractivity contribution < 1.29 is 13.6 Å². The average molecular weight is 225 g/mol. The van der Waals surface area contributed by atoms with Crippen molar-refractivity contribution in [1.82, 2.24) is 0 Å². The smallest absolute Gasteiger partial charge is 0.291 e. The van der Waals surface area contributed by atoms with Crippen LogP contribution in [0.15, 0.2) is 11.4 Å². The maximum Gasteiger partial charge on any atom is 0.380 e. The van der Waals surface area contributed by atoms with Crippen LogP contribution in [0.25, 0.3) is 0 Å². The fourth-order valence-electron chi connectivity index (χ4n) is 0.876. The van der Waals surface area contributed by atoms with Crippen molar-refractivity contribution in [3.63, 3.8) is 0 Å². The van der Waals surface area contributed by atoms with Crippen LogP contribution in [0.2, 0.25) is 0 Å². The zero-order valence-corrected chi connectivity index (χ0v) is 8.38. The molecule has 0 saturated carbocycles. The Morgan fingerprint density at radius 2 is 2.31 bits per heavy atom. The molecule has 0 atom stereocenters. The fraction of sp³-hybridized carbons (Fsp3) is 0.375. The third kappa shape index (κ3) is 3.04. The molecule has 1 aromatic heterocycles. The number of hydrogen-bond donors (Lipinski definition) is 0. The minimum absolute atomic E-state index is 0.305. The molecule has 1 heterocycles. The summed E-state index contributed by atoms with van der Waals surface area (Å²) in [5.74, 6) is -1.26. The molecule has 1 nitrogen and oxygen atoms in total. The van der Waals surface area contributed by atoms with Crippen molar-refractivity contribution in [3.8, 4) is 0 Å². The lowest BCUT2D eigenvalue weighted by molar-refractivity contribution is -0.132. The monoisotopic (exact) mass is 224 g/mol. The molecule has 0 radical (unpaired) electrons. The molecular formula is C8H7ClF2OS. The van der Waals surface area contributed by atoms with E-state index in [4.69, 9.17) is 0 Å². The highest BCUT2D eigenvalue weighted by Crippen LogP contribution is 2.23. The predicted octanol–water partition coefficient (Wildman–Crippen LogP) is 3.00. The molecule has 0 saturated heterocycles. The summed E-state index contributed by atoms with van der Waals surface area (Å²) < 4.78 is 24.5. The summed E-state index contributed by atoms with van der Waals surface area (Å²) in [6.07, 6.45) is -0.305. The number of alkyl halides is 3. The number of rotatable bonds is 3. The number of hydrogen-bond acceptors (Lipinski definition) is 2. The van der Waals surface area contributed by atoms with Gasteiger partial charge in [0.15, 0.2) is 0 Å². The first-order valence-electron chi connectivity index (χ1n) is 3.53. The van der Waals surface area contributed by atoms with Crippen molar-refractivity contribution in [3.05, 3.63) is 21.9 Å². The van der Waals surface area contributed by atoms with E-state index in [2.05, 4.69) is 11.6 Å². The van der Waals surface area contributed by atoms with Gasteiger partial charge in [0.05, 0.1) is 0 Å². The molecule has 5 heteroatoms. The Labute approximate surface area is 83.3 Å². The first-order chi connectivity index (χ1) is 5.89. The van der Waals surface area contributed by atoms with Gasteiger partial charge in [-0.3, -0.25) is 4.79 Å². The van der Waals surface area contributed by atoms with Crippen LogP contribution in [0.1, 0.15) is 10.4 Å². The van der Waals surface area contributed by atoms with Crippen LogP contribution in [-0.4, -0.2) is 11.2 Å². The van der Waals surface area contributed by atoms with E-state index in [0.717, 1.165) is 4.88 Å². The summed E-state index contributed by atoms with van der Waals surface area (Å²) in [7, 11) is 0. The Morgan fingerprint density at radius 1 is 1.69 bits per heavy atom. The second kappa shape index (κ2) is 3.72. The summed E-state index contributed by atoms with van der Waals surface area (Å²) in [6.45, 7) is 1.84. The van der Waals surface area contributed by atoms with Crippen LogP contribution in [0.4, 0.5) is 8.78 Å². The first-order valence-corrected chi connectivity index (χ1v) is 4.79. The summed E-state index contributed by atoms with van der Waals surface area (Å²) >= 11 is 5.98. The van der Waals surface area contributed by atoms with Crippen molar-refractivity contribution in [2.75, 3.05) is 0 Å². The standard InChI is InChI=1S/C8H7ClF2OS/c1-5-2-6(4-13-5)3-7(12)8(9,10)11/h2,4H,3H2,1H3. The summed E-state index contributed by atoms with van der Waals surface area (Å²) in [5.41, 5.74) is 0.591. The van der Waals surface area contributed by atoms with Crippen LogP contribution in [0.5, 0.6) is 0 Å². The zero-order valence-electron chi connectivity index (χ0n) is 6.81. The third-order valence-corrected chi connectivity index (χ3v) is 2.59. The van der Waals surface area contributed by atoms with E-state index in [-0.39, 0.29) is 6.42 Å². The Balaban J connectivity index is 2.65. The van der Waals surface area contributed by atoms with Crippen LogP contribution in [-0.2, 0) is 11.2 Å². The number of carbonyl (C=O) groups excluding carboxylic acids is 1. The second-order valence-corrected chi connectivity index (χ2v) is 4.25. The number of ketones is 1. The molecule has 0 spiro atoms. The van der Waals surface area contributed by atoms with Crippen LogP contribution in [0.3, 0.4) is 0 Å². The van der Waals surface area contributed by atoms with E-state index < -0.39 is 11.2 Å². The summed E-state index contributed by atoms with van der Waals surface area (Å²) in [5, 5.41) is -2.06. The molecule has 13 heavy (non-hydrogen) atoms. The van der Waals surface area contributed by atoms with Gasteiger partial charge in [0.25, 0.3) is 0 Å². The van der Waals surface area contributed by atoms with Gasteiger partial charge < -0.3 is 0 Å². The van der Waals surface area contributed by atoms with E-state index >= 15 is 0 Å². The number of carbonyl (C=O) groups is 1. The minimum atomic E-state index is -3.74. The van der Waals surface area contributed by atoms with Gasteiger partial charge in [0, 0.05) is 11.3 Å².